The van der Waals surface area contributed by atoms with Crippen molar-refractivity contribution >= 4 is 51.0 Å². The van der Waals surface area contributed by atoms with Gasteiger partial charge in [0.1, 0.15) is 15.5 Å². The standard InChI is InChI=1S/C23H25ClN4O2S/c1-3-30-22(29)19-16(2)18-20(25-23(24)26-21(18)31-19)28-14-12-27(13-15-28)11-7-10-17-8-5-4-6-9-17/h4-10H,3,11-15H2,1-2H3/b10-7+. The highest BCUT2D eigenvalue weighted by molar-refractivity contribution is 7.20. The number of rotatable bonds is 6. The normalized spacial score (nSPS) is 15.1. The van der Waals surface area contributed by atoms with Crippen LogP contribution in [-0.4, -0.2) is 60.2 Å². The summed E-state index contributed by atoms with van der Waals surface area (Å²) in [5, 5.41) is 1.10. The van der Waals surface area contributed by atoms with E-state index in [0.29, 0.717) is 11.5 Å². The molecule has 0 spiro atoms. The molecule has 1 fully saturated rings. The van der Waals surface area contributed by atoms with E-state index in [1.807, 2.05) is 25.1 Å². The van der Waals surface area contributed by atoms with E-state index in [0.717, 1.165) is 54.3 Å². The summed E-state index contributed by atoms with van der Waals surface area (Å²) in [6.45, 7) is 8.51. The zero-order valence-electron chi connectivity index (χ0n) is 17.7. The van der Waals surface area contributed by atoms with E-state index in [1.165, 1.54) is 16.9 Å². The van der Waals surface area contributed by atoms with Crippen LogP contribution in [-0.2, 0) is 4.74 Å². The molecule has 2 aromatic heterocycles. The number of carbonyl (C=O) groups is 1. The number of anilines is 1. The van der Waals surface area contributed by atoms with E-state index in [9.17, 15) is 4.79 Å². The minimum atomic E-state index is -0.319. The fourth-order valence-electron chi connectivity index (χ4n) is 3.76. The Morgan fingerprint density at radius 3 is 2.65 bits per heavy atom. The van der Waals surface area contributed by atoms with E-state index in [-0.39, 0.29) is 11.3 Å². The number of hydrogen-bond donors (Lipinski definition) is 0. The number of esters is 1. The van der Waals surface area contributed by atoms with Gasteiger partial charge in [0.05, 0.1) is 12.0 Å². The molecule has 3 aromatic rings. The van der Waals surface area contributed by atoms with Gasteiger partial charge in [-0.15, -0.1) is 11.3 Å². The number of thiophene rings is 1. The zero-order valence-corrected chi connectivity index (χ0v) is 19.2. The molecule has 0 amide bonds. The number of piperazine rings is 1. The van der Waals surface area contributed by atoms with Crippen molar-refractivity contribution in [3.05, 3.63) is 57.7 Å². The molecule has 31 heavy (non-hydrogen) atoms. The third-order valence-electron chi connectivity index (χ3n) is 5.35. The van der Waals surface area contributed by atoms with Crippen LogP contribution in [0.1, 0.15) is 27.7 Å². The Morgan fingerprint density at radius 1 is 1.19 bits per heavy atom. The van der Waals surface area contributed by atoms with Gasteiger partial charge in [-0.05, 0) is 36.6 Å². The van der Waals surface area contributed by atoms with Gasteiger partial charge in [-0.2, -0.15) is 4.98 Å². The van der Waals surface area contributed by atoms with Crippen LogP contribution < -0.4 is 4.90 Å². The lowest BCUT2D eigenvalue weighted by atomic mass is 10.2. The predicted octanol–water partition coefficient (Wildman–Crippen LogP) is 4.67. The monoisotopic (exact) mass is 456 g/mol. The van der Waals surface area contributed by atoms with Crippen molar-refractivity contribution in [2.45, 2.75) is 13.8 Å². The Bertz CT molecular complexity index is 1090. The SMILES string of the molecule is CCOC(=O)c1sc2nc(Cl)nc(N3CCN(C/C=C/c4ccccc4)CC3)c2c1C. The first-order chi connectivity index (χ1) is 15.1. The minimum absolute atomic E-state index is 0.201. The molecule has 0 N–H and O–H groups in total. The third kappa shape index (κ3) is 4.89. The Morgan fingerprint density at radius 2 is 1.94 bits per heavy atom. The highest BCUT2D eigenvalue weighted by Crippen LogP contribution is 2.37. The maximum absolute atomic E-state index is 12.3. The molecule has 0 aliphatic carbocycles. The van der Waals surface area contributed by atoms with Gasteiger partial charge in [-0.1, -0.05) is 42.5 Å². The first-order valence-corrected chi connectivity index (χ1v) is 11.6. The molecule has 1 aliphatic heterocycles. The van der Waals surface area contributed by atoms with E-state index in [2.05, 4.69) is 44.1 Å². The van der Waals surface area contributed by atoms with Crippen LogP contribution in [0.5, 0.6) is 0 Å². The van der Waals surface area contributed by atoms with Crippen LogP contribution in [0.3, 0.4) is 0 Å². The largest absolute Gasteiger partial charge is 0.462 e. The Labute approximate surface area is 191 Å². The molecule has 0 atom stereocenters. The number of aryl methyl sites for hydroxylation is 1. The molecule has 1 aromatic carbocycles. The second kappa shape index (κ2) is 9.77. The molecule has 8 heteroatoms. The van der Waals surface area contributed by atoms with Crippen molar-refractivity contribution in [2.75, 3.05) is 44.2 Å². The molecular weight excluding hydrogens is 432 g/mol. The number of aromatic nitrogens is 2. The van der Waals surface area contributed by atoms with Crippen molar-refractivity contribution in [1.82, 2.24) is 14.9 Å². The molecule has 3 heterocycles. The summed E-state index contributed by atoms with van der Waals surface area (Å²) < 4.78 is 5.20. The first kappa shape index (κ1) is 21.7. The van der Waals surface area contributed by atoms with Gasteiger partial charge in [0.15, 0.2) is 0 Å². The smallest absolute Gasteiger partial charge is 0.348 e. The molecule has 162 valence electrons. The van der Waals surface area contributed by atoms with Crippen LogP contribution in [0, 0.1) is 6.92 Å². The number of fused-ring (bicyclic) bond motifs is 1. The van der Waals surface area contributed by atoms with E-state index in [1.54, 1.807) is 6.92 Å². The lowest BCUT2D eigenvalue weighted by Crippen LogP contribution is -2.46. The number of halogens is 1. The summed E-state index contributed by atoms with van der Waals surface area (Å²) in [4.78, 5) is 27.2. The van der Waals surface area contributed by atoms with Crippen molar-refractivity contribution in [1.29, 1.82) is 0 Å². The molecule has 6 nitrogen and oxygen atoms in total. The van der Waals surface area contributed by atoms with Crippen LogP contribution in [0.25, 0.3) is 16.3 Å². The van der Waals surface area contributed by atoms with Gasteiger partial charge in [-0.25, -0.2) is 9.78 Å². The first-order valence-electron chi connectivity index (χ1n) is 10.4. The zero-order chi connectivity index (χ0) is 21.8. The van der Waals surface area contributed by atoms with Crippen molar-refractivity contribution < 1.29 is 9.53 Å². The van der Waals surface area contributed by atoms with Crippen LogP contribution in [0.2, 0.25) is 5.28 Å². The van der Waals surface area contributed by atoms with E-state index in [4.69, 9.17) is 16.3 Å². The lowest BCUT2D eigenvalue weighted by molar-refractivity contribution is 0.0531. The average Bonchev–Trinajstić information content (AvgIpc) is 3.11. The van der Waals surface area contributed by atoms with Crippen LogP contribution in [0.4, 0.5) is 5.82 Å². The van der Waals surface area contributed by atoms with Gasteiger partial charge in [0.25, 0.3) is 0 Å². The molecular formula is C23H25ClN4O2S. The van der Waals surface area contributed by atoms with Gasteiger partial charge >= 0.3 is 5.97 Å². The number of nitrogens with zero attached hydrogens (tertiary/aromatic N) is 4. The summed E-state index contributed by atoms with van der Waals surface area (Å²) in [7, 11) is 0. The Balaban J connectivity index is 1.48. The summed E-state index contributed by atoms with van der Waals surface area (Å²) in [5.41, 5.74) is 2.07. The van der Waals surface area contributed by atoms with Crippen LogP contribution in [0.15, 0.2) is 36.4 Å². The molecule has 0 saturated carbocycles. The summed E-state index contributed by atoms with van der Waals surface area (Å²) >= 11 is 7.54. The number of carbonyl (C=O) groups excluding carboxylic acids is 1. The van der Waals surface area contributed by atoms with Gasteiger partial charge in [0.2, 0.25) is 5.28 Å². The van der Waals surface area contributed by atoms with Crippen molar-refractivity contribution in [3.63, 3.8) is 0 Å². The van der Waals surface area contributed by atoms with E-state index >= 15 is 0 Å². The van der Waals surface area contributed by atoms with Gasteiger partial charge < -0.3 is 9.64 Å². The predicted molar refractivity (Wildman–Crippen MR) is 127 cm³/mol. The number of benzene rings is 1. The molecule has 0 radical (unpaired) electrons. The fourth-order valence-corrected chi connectivity index (χ4v) is 5.04. The summed E-state index contributed by atoms with van der Waals surface area (Å²) in [5.74, 6) is 0.485. The fraction of sp³-hybridized carbons (Fsp3) is 0.348. The quantitative estimate of drug-likeness (QED) is 0.397. The number of ether oxygens (including phenoxy) is 1. The van der Waals surface area contributed by atoms with E-state index < -0.39 is 0 Å². The lowest BCUT2D eigenvalue weighted by Gasteiger charge is -2.35. The molecule has 1 aliphatic rings. The summed E-state index contributed by atoms with van der Waals surface area (Å²) in [6, 6.07) is 10.3. The Kier molecular flexibility index (Phi) is 6.85. The molecule has 1 saturated heterocycles. The molecule has 0 unspecified atom stereocenters. The van der Waals surface area contributed by atoms with Crippen LogP contribution >= 0.6 is 22.9 Å². The number of hydrogen-bond acceptors (Lipinski definition) is 7. The third-order valence-corrected chi connectivity index (χ3v) is 6.68. The second-order valence-electron chi connectivity index (χ2n) is 7.37. The molecule has 0 bridgehead atoms. The Hall–Kier alpha value is -2.48. The summed E-state index contributed by atoms with van der Waals surface area (Å²) in [6.07, 6.45) is 4.37. The highest BCUT2D eigenvalue weighted by Gasteiger charge is 2.25. The maximum atomic E-state index is 12.3. The van der Waals surface area contributed by atoms with Crippen molar-refractivity contribution in [3.8, 4) is 0 Å². The van der Waals surface area contributed by atoms with Crippen molar-refractivity contribution in [2.24, 2.45) is 0 Å². The average molecular weight is 457 g/mol. The minimum Gasteiger partial charge on any atom is -0.462 e. The second-order valence-corrected chi connectivity index (χ2v) is 8.71. The molecule has 4 rings (SSSR count). The topological polar surface area (TPSA) is 58.6 Å². The van der Waals surface area contributed by atoms with Gasteiger partial charge in [0, 0.05) is 32.7 Å². The highest BCUT2D eigenvalue weighted by atomic mass is 35.5. The maximum Gasteiger partial charge on any atom is 0.348 e. The van der Waals surface area contributed by atoms with Gasteiger partial charge in [-0.3, -0.25) is 4.90 Å².